The van der Waals surface area contributed by atoms with Crippen molar-refractivity contribution in [3.63, 3.8) is 0 Å². The SMILES string of the molecule is O=[N+]([O-])c1ccc(N=Nc2ccc(N3CC3)c([N+](=O)[O-])c2)cc1. The molecular weight excluding hydrogens is 302 g/mol. The Labute approximate surface area is 130 Å². The molecule has 1 fully saturated rings. The maximum Gasteiger partial charge on any atom is 0.294 e. The summed E-state index contributed by atoms with van der Waals surface area (Å²) in [6, 6.07) is 10.2. The van der Waals surface area contributed by atoms with Crippen LogP contribution in [0.1, 0.15) is 0 Å². The lowest BCUT2D eigenvalue weighted by Crippen LogP contribution is -1.97. The van der Waals surface area contributed by atoms with Crippen molar-refractivity contribution in [3.8, 4) is 0 Å². The molecule has 3 rings (SSSR count). The second-order valence-corrected chi connectivity index (χ2v) is 4.89. The Balaban J connectivity index is 1.83. The van der Waals surface area contributed by atoms with Crippen molar-refractivity contribution in [3.05, 3.63) is 62.7 Å². The highest BCUT2D eigenvalue weighted by Crippen LogP contribution is 2.35. The third-order valence-corrected chi connectivity index (χ3v) is 3.29. The van der Waals surface area contributed by atoms with Crippen LogP contribution in [0.2, 0.25) is 0 Å². The molecule has 2 aromatic rings. The lowest BCUT2D eigenvalue weighted by Gasteiger charge is -2.04. The molecule has 1 aliphatic rings. The Bertz CT molecular complexity index is 799. The van der Waals surface area contributed by atoms with Crippen LogP contribution in [0.15, 0.2) is 52.7 Å². The Kier molecular flexibility index (Phi) is 3.67. The third kappa shape index (κ3) is 3.28. The second kappa shape index (κ2) is 5.79. The van der Waals surface area contributed by atoms with Crippen LogP contribution in [0.5, 0.6) is 0 Å². The molecule has 0 aliphatic carbocycles. The van der Waals surface area contributed by atoms with Gasteiger partial charge in [0.2, 0.25) is 0 Å². The van der Waals surface area contributed by atoms with Crippen molar-refractivity contribution in [2.45, 2.75) is 0 Å². The van der Waals surface area contributed by atoms with E-state index in [4.69, 9.17) is 0 Å². The molecular formula is C14H11N5O4. The number of nitro benzene ring substituents is 2. The zero-order valence-corrected chi connectivity index (χ0v) is 11.8. The molecule has 0 radical (unpaired) electrons. The van der Waals surface area contributed by atoms with Crippen molar-refractivity contribution in [2.24, 2.45) is 10.2 Å². The van der Waals surface area contributed by atoms with Crippen LogP contribution in [-0.2, 0) is 0 Å². The van der Waals surface area contributed by atoms with Gasteiger partial charge in [0.1, 0.15) is 5.69 Å². The molecule has 23 heavy (non-hydrogen) atoms. The fraction of sp³-hybridized carbons (Fsp3) is 0.143. The maximum absolute atomic E-state index is 11.1. The third-order valence-electron chi connectivity index (χ3n) is 3.29. The molecule has 116 valence electrons. The van der Waals surface area contributed by atoms with Crippen molar-refractivity contribution in [2.75, 3.05) is 18.0 Å². The van der Waals surface area contributed by atoms with Crippen molar-refractivity contribution < 1.29 is 9.85 Å². The number of nitro groups is 2. The van der Waals surface area contributed by atoms with E-state index in [0.29, 0.717) is 17.1 Å². The fourth-order valence-electron chi connectivity index (χ4n) is 2.04. The van der Waals surface area contributed by atoms with E-state index >= 15 is 0 Å². The normalized spacial score (nSPS) is 13.3. The maximum atomic E-state index is 11.1. The van der Waals surface area contributed by atoms with Crippen LogP contribution in [0.25, 0.3) is 0 Å². The summed E-state index contributed by atoms with van der Waals surface area (Å²) in [6.45, 7) is 1.62. The smallest absolute Gasteiger partial charge is 0.294 e. The average Bonchev–Trinajstić information content (AvgIpc) is 3.38. The Morgan fingerprint density at radius 3 is 2.04 bits per heavy atom. The van der Waals surface area contributed by atoms with Crippen LogP contribution in [-0.4, -0.2) is 22.9 Å². The zero-order chi connectivity index (χ0) is 16.4. The van der Waals surface area contributed by atoms with Crippen LogP contribution in [0.4, 0.5) is 28.4 Å². The largest absolute Gasteiger partial charge is 0.362 e. The monoisotopic (exact) mass is 313 g/mol. The van der Waals surface area contributed by atoms with Crippen molar-refractivity contribution in [1.29, 1.82) is 0 Å². The van der Waals surface area contributed by atoms with Gasteiger partial charge in [-0.25, -0.2) is 0 Å². The molecule has 0 atom stereocenters. The van der Waals surface area contributed by atoms with Crippen molar-refractivity contribution >= 4 is 28.4 Å². The van der Waals surface area contributed by atoms with E-state index < -0.39 is 9.85 Å². The van der Waals surface area contributed by atoms with Gasteiger partial charge in [0.25, 0.3) is 11.4 Å². The Morgan fingerprint density at radius 2 is 1.48 bits per heavy atom. The minimum Gasteiger partial charge on any atom is -0.362 e. The summed E-state index contributed by atoms with van der Waals surface area (Å²) in [7, 11) is 0. The van der Waals surface area contributed by atoms with Gasteiger partial charge in [0.05, 0.1) is 21.2 Å². The van der Waals surface area contributed by atoms with Crippen LogP contribution in [0.3, 0.4) is 0 Å². The molecule has 9 heteroatoms. The van der Waals surface area contributed by atoms with Gasteiger partial charge in [0, 0.05) is 31.3 Å². The molecule has 0 unspecified atom stereocenters. The molecule has 0 bridgehead atoms. The van der Waals surface area contributed by atoms with Gasteiger partial charge in [-0.2, -0.15) is 10.2 Å². The van der Waals surface area contributed by atoms with Crippen LogP contribution in [0, 0.1) is 20.2 Å². The fourth-order valence-corrected chi connectivity index (χ4v) is 2.04. The van der Waals surface area contributed by atoms with E-state index in [9.17, 15) is 20.2 Å². The first-order valence-corrected chi connectivity index (χ1v) is 6.74. The summed E-state index contributed by atoms with van der Waals surface area (Å²) in [4.78, 5) is 22.6. The quantitative estimate of drug-likeness (QED) is 0.361. The first-order valence-electron chi connectivity index (χ1n) is 6.74. The molecule has 0 saturated carbocycles. The summed E-state index contributed by atoms with van der Waals surface area (Å²) in [5.41, 5.74) is 1.29. The standard InChI is InChI=1S/C14H11N5O4/c20-18(21)12-4-1-10(2-5-12)15-16-11-3-6-13(17-7-8-17)14(9-11)19(22)23/h1-6,9H,7-8H2. The molecule has 0 N–H and O–H groups in total. The molecule has 2 aromatic carbocycles. The molecule has 0 spiro atoms. The highest BCUT2D eigenvalue weighted by atomic mass is 16.6. The highest BCUT2D eigenvalue weighted by molar-refractivity contribution is 5.70. The van der Waals surface area contributed by atoms with Crippen LogP contribution >= 0.6 is 0 Å². The van der Waals surface area contributed by atoms with E-state index in [1.165, 1.54) is 30.3 Å². The molecule has 1 aliphatic heterocycles. The second-order valence-electron chi connectivity index (χ2n) is 4.89. The predicted molar refractivity (Wildman–Crippen MR) is 82.6 cm³/mol. The zero-order valence-electron chi connectivity index (χ0n) is 11.8. The molecule has 0 aromatic heterocycles. The minimum absolute atomic E-state index is 0.0114. The first-order chi connectivity index (χ1) is 11.0. The molecule has 1 heterocycles. The highest BCUT2D eigenvalue weighted by Gasteiger charge is 2.26. The molecule has 0 amide bonds. The van der Waals surface area contributed by atoms with Gasteiger partial charge in [-0.1, -0.05) is 0 Å². The van der Waals surface area contributed by atoms with E-state index in [2.05, 4.69) is 10.2 Å². The molecule has 9 nitrogen and oxygen atoms in total. The van der Waals surface area contributed by atoms with E-state index in [1.807, 2.05) is 4.90 Å². The average molecular weight is 313 g/mol. The number of azo groups is 1. The van der Waals surface area contributed by atoms with Crippen molar-refractivity contribution in [1.82, 2.24) is 0 Å². The number of rotatable bonds is 5. The topological polar surface area (TPSA) is 114 Å². The molecule has 1 saturated heterocycles. The number of hydrogen-bond acceptors (Lipinski definition) is 7. The Morgan fingerprint density at radius 1 is 0.870 bits per heavy atom. The number of anilines is 1. The lowest BCUT2D eigenvalue weighted by atomic mass is 10.2. The van der Waals surface area contributed by atoms with Gasteiger partial charge < -0.3 is 4.90 Å². The number of non-ortho nitro benzene ring substituents is 1. The predicted octanol–water partition coefficient (Wildman–Crippen LogP) is 3.74. The van der Waals surface area contributed by atoms with Gasteiger partial charge >= 0.3 is 0 Å². The summed E-state index contributed by atoms with van der Waals surface area (Å²) in [6.07, 6.45) is 0. The lowest BCUT2D eigenvalue weighted by molar-refractivity contribution is -0.384. The van der Waals surface area contributed by atoms with E-state index in [0.717, 1.165) is 13.1 Å². The first kappa shape index (κ1) is 14.6. The summed E-state index contributed by atoms with van der Waals surface area (Å²) < 4.78 is 0. The summed E-state index contributed by atoms with van der Waals surface area (Å²) in [5.74, 6) is 0. The van der Waals surface area contributed by atoms with Gasteiger partial charge in [-0.15, -0.1) is 0 Å². The minimum atomic E-state index is -0.504. The van der Waals surface area contributed by atoms with Gasteiger partial charge in [-0.3, -0.25) is 20.2 Å². The summed E-state index contributed by atoms with van der Waals surface area (Å²) in [5, 5.41) is 29.6. The van der Waals surface area contributed by atoms with Gasteiger partial charge in [-0.05, 0) is 24.3 Å². The van der Waals surface area contributed by atoms with Gasteiger partial charge in [0.15, 0.2) is 0 Å². The van der Waals surface area contributed by atoms with E-state index in [1.54, 1.807) is 12.1 Å². The number of nitrogens with zero attached hydrogens (tertiary/aromatic N) is 5. The number of hydrogen-bond donors (Lipinski definition) is 0. The number of benzene rings is 2. The van der Waals surface area contributed by atoms with E-state index in [-0.39, 0.29) is 11.4 Å². The Hall–Kier alpha value is -3.36. The van der Waals surface area contributed by atoms with Crippen LogP contribution < -0.4 is 4.90 Å². The summed E-state index contributed by atoms with van der Waals surface area (Å²) >= 11 is 0.